The molecule has 0 aromatic heterocycles. The fourth-order valence-corrected chi connectivity index (χ4v) is 2.05. The Morgan fingerprint density at radius 1 is 1.53 bits per heavy atom. The number of hydrogen-bond donors (Lipinski definition) is 0. The smallest absolute Gasteiger partial charge is 0.313 e. The van der Waals surface area contributed by atoms with Gasteiger partial charge < -0.3 is 9.47 Å². The Morgan fingerprint density at radius 3 is 3.12 bits per heavy atom. The van der Waals surface area contributed by atoms with Crippen molar-refractivity contribution in [3.8, 4) is 5.75 Å². The van der Waals surface area contributed by atoms with Gasteiger partial charge in [0.1, 0.15) is 5.75 Å². The Bertz CT molecular complexity index is 412. The molecule has 1 aliphatic heterocycles. The molecule has 17 heavy (non-hydrogen) atoms. The fraction of sp³-hybridized carbons (Fsp3) is 0.500. The summed E-state index contributed by atoms with van der Waals surface area (Å²) < 4.78 is 10.6. The Hall–Kier alpha value is -1.51. The molecule has 1 aliphatic rings. The van der Waals surface area contributed by atoms with Crippen molar-refractivity contribution in [2.24, 2.45) is 0 Å². The van der Waals surface area contributed by atoms with E-state index >= 15 is 0 Å². The molecule has 3 heteroatoms. The molecule has 0 saturated carbocycles. The van der Waals surface area contributed by atoms with E-state index in [9.17, 15) is 4.79 Å². The van der Waals surface area contributed by atoms with Gasteiger partial charge in [0, 0.05) is 0 Å². The second kappa shape index (κ2) is 5.21. The maximum absolute atomic E-state index is 11.7. The average molecular weight is 234 g/mol. The van der Waals surface area contributed by atoms with Gasteiger partial charge in [-0.2, -0.15) is 0 Å². The molecular formula is C14H18O3. The molecule has 0 fully saturated rings. The van der Waals surface area contributed by atoms with Gasteiger partial charge in [-0.25, -0.2) is 0 Å². The summed E-state index contributed by atoms with van der Waals surface area (Å²) in [5.74, 6) is 0.586. The predicted molar refractivity (Wildman–Crippen MR) is 65.3 cm³/mol. The second-order valence-electron chi connectivity index (χ2n) is 4.29. The third-order valence-corrected chi connectivity index (χ3v) is 3.07. The van der Waals surface area contributed by atoms with Crippen LogP contribution >= 0.6 is 0 Å². The summed E-state index contributed by atoms with van der Waals surface area (Å²) in [4.78, 5) is 11.7. The molecule has 3 nitrogen and oxygen atoms in total. The van der Waals surface area contributed by atoms with Gasteiger partial charge in [-0.15, -0.1) is 0 Å². The van der Waals surface area contributed by atoms with E-state index in [1.54, 1.807) is 0 Å². The highest BCUT2D eigenvalue weighted by atomic mass is 16.5. The molecule has 0 spiro atoms. The second-order valence-corrected chi connectivity index (χ2v) is 4.29. The molecular weight excluding hydrogens is 216 g/mol. The molecule has 92 valence electrons. The van der Waals surface area contributed by atoms with Crippen LogP contribution in [0.1, 0.15) is 37.3 Å². The Balaban J connectivity index is 2.18. The van der Waals surface area contributed by atoms with Gasteiger partial charge in [0.2, 0.25) is 0 Å². The van der Waals surface area contributed by atoms with Crippen molar-refractivity contribution in [2.75, 3.05) is 13.2 Å². The first-order valence-corrected chi connectivity index (χ1v) is 6.14. The van der Waals surface area contributed by atoms with Crippen molar-refractivity contribution >= 4 is 5.97 Å². The molecule has 1 aromatic rings. The molecule has 0 aliphatic carbocycles. The van der Waals surface area contributed by atoms with Crippen LogP contribution in [0.25, 0.3) is 0 Å². The van der Waals surface area contributed by atoms with Crippen molar-refractivity contribution in [3.63, 3.8) is 0 Å². The van der Waals surface area contributed by atoms with E-state index in [-0.39, 0.29) is 11.9 Å². The van der Waals surface area contributed by atoms with Crippen molar-refractivity contribution in [1.29, 1.82) is 0 Å². The lowest BCUT2D eigenvalue weighted by Crippen LogP contribution is -2.14. The molecule has 0 radical (unpaired) electrons. The third kappa shape index (κ3) is 2.60. The monoisotopic (exact) mass is 234 g/mol. The van der Waals surface area contributed by atoms with Gasteiger partial charge in [0.25, 0.3) is 0 Å². The van der Waals surface area contributed by atoms with Crippen LogP contribution in [0.3, 0.4) is 0 Å². The number of benzene rings is 1. The Kier molecular flexibility index (Phi) is 3.67. The molecule has 0 saturated heterocycles. The first-order chi connectivity index (χ1) is 8.22. The van der Waals surface area contributed by atoms with Crippen molar-refractivity contribution < 1.29 is 14.3 Å². The number of hydrogen-bond acceptors (Lipinski definition) is 3. The topological polar surface area (TPSA) is 35.5 Å². The third-order valence-electron chi connectivity index (χ3n) is 3.07. The average Bonchev–Trinajstić information content (AvgIpc) is 2.37. The van der Waals surface area contributed by atoms with Crippen LogP contribution in [0.15, 0.2) is 18.2 Å². The lowest BCUT2D eigenvalue weighted by Gasteiger charge is -2.19. The highest BCUT2D eigenvalue weighted by molar-refractivity contribution is 5.77. The first kappa shape index (κ1) is 12.0. The van der Waals surface area contributed by atoms with Crippen LogP contribution in [-0.4, -0.2) is 19.2 Å². The lowest BCUT2D eigenvalue weighted by atomic mass is 9.96. The number of carbonyl (C=O) groups is 1. The largest absolute Gasteiger partial charge is 0.493 e. The molecule has 0 bridgehead atoms. The maximum atomic E-state index is 11.7. The van der Waals surface area contributed by atoms with Gasteiger partial charge >= 0.3 is 5.97 Å². The van der Waals surface area contributed by atoms with Gasteiger partial charge in [-0.05, 0) is 43.9 Å². The standard InChI is InChI=1S/C14H18O3/c1-3-16-14(15)10(2)11-6-7-13-12(9-11)5-4-8-17-13/h6-7,9-10H,3-5,8H2,1-2H3. The highest BCUT2D eigenvalue weighted by Gasteiger charge is 2.19. The first-order valence-electron chi connectivity index (χ1n) is 6.14. The molecule has 1 atom stereocenters. The zero-order chi connectivity index (χ0) is 12.3. The van der Waals surface area contributed by atoms with E-state index < -0.39 is 0 Å². The van der Waals surface area contributed by atoms with Gasteiger partial charge in [0.05, 0.1) is 19.1 Å². The summed E-state index contributed by atoms with van der Waals surface area (Å²) in [7, 11) is 0. The number of fused-ring (bicyclic) bond motifs is 1. The van der Waals surface area contributed by atoms with Crippen LogP contribution < -0.4 is 4.74 Å². The number of ether oxygens (including phenoxy) is 2. The summed E-state index contributed by atoms with van der Waals surface area (Å²) in [5, 5.41) is 0. The molecule has 1 heterocycles. The molecule has 2 rings (SSSR count). The normalized spacial score (nSPS) is 15.6. The Morgan fingerprint density at radius 2 is 2.35 bits per heavy atom. The maximum Gasteiger partial charge on any atom is 0.313 e. The van der Waals surface area contributed by atoms with Crippen LogP contribution in [0.4, 0.5) is 0 Å². The summed E-state index contributed by atoms with van der Waals surface area (Å²) >= 11 is 0. The summed E-state index contributed by atoms with van der Waals surface area (Å²) in [6.45, 7) is 4.92. The number of carbonyl (C=O) groups excluding carboxylic acids is 1. The van der Waals surface area contributed by atoms with E-state index in [0.717, 1.165) is 30.8 Å². The molecule has 1 unspecified atom stereocenters. The van der Waals surface area contributed by atoms with Crippen LogP contribution in [0.5, 0.6) is 5.75 Å². The van der Waals surface area contributed by atoms with E-state index in [1.165, 1.54) is 5.56 Å². The van der Waals surface area contributed by atoms with Gasteiger partial charge in [-0.1, -0.05) is 12.1 Å². The van der Waals surface area contributed by atoms with E-state index in [4.69, 9.17) is 9.47 Å². The predicted octanol–water partition coefficient (Wildman–Crippen LogP) is 2.68. The summed E-state index contributed by atoms with van der Waals surface area (Å²) in [5.41, 5.74) is 2.21. The highest BCUT2D eigenvalue weighted by Crippen LogP contribution is 2.28. The fourth-order valence-electron chi connectivity index (χ4n) is 2.05. The van der Waals surface area contributed by atoms with E-state index in [2.05, 4.69) is 6.07 Å². The van der Waals surface area contributed by atoms with Crippen molar-refractivity contribution in [1.82, 2.24) is 0 Å². The van der Waals surface area contributed by atoms with E-state index in [0.29, 0.717) is 6.61 Å². The SMILES string of the molecule is CCOC(=O)C(C)c1ccc2c(c1)CCCO2. The van der Waals surface area contributed by atoms with Gasteiger partial charge in [0.15, 0.2) is 0 Å². The minimum atomic E-state index is -0.206. The van der Waals surface area contributed by atoms with Crippen LogP contribution in [0.2, 0.25) is 0 Å². The minimum Gasteiger partial charge on any atom is -0.493 e. The number of rotatable bonds is 3. The molecule has 0 N–H and O–H groups in total. The summed E-state index contributed by atoms with van der Waals surface area (Å²) in [6.07, 6.45) is 2.07. The minimum absolute atomic E-state index is 0.163. The zero-order valence-corrected chi connectivity index (χ0v) is 10.4. The quantitative estimate of drug-likeness (QED) is 0.754. The van der Waals surface area contributed by atoms with Crippen molar-refractivity contribution in [2.45, 2.75) is 32.6 Å². The number of aryl methyl sites for hydroxylation is 1. The molecule has 0 amide bonds. The van der Waals surface area contributed by atoms with Gasteiger partial charge in [-0.3, -0.25) is 4.79 Å². The number of esters is 1. The summed E-state index contributed by atoms with van der Waals surface area (Å²) in [6, 6.07) is 5.97. The zero-order valence-electron chi connectivity index (χ0n) is 10.4. The van der Waals surface area contributed by atoms with Crippen LogP contribution in [-0.2, 0) is 16.0 Å². The Labute approximate surface area is 102 Å². The lowest BCUT2D eigenvalue weighted by molar-refractivity contribution is -0.144. The molecule has 1 aromatic carbocycles. The van der Waals surface area contributed by atoms with E-state index in [1.807, 2.05) is 26.0 Å². The van der Waals surface area contributed by atoms with Crippen molar-refractivity contribution in [3.05, 3.63) is 29.3 Å². The van der Waals surface area contributed by atoms with Crippen LogP contribution in [0, 0.1) is 0 Å².